The lowest BCUT2D eigenvalue weighted by molar-refractivity contribution is -0.393. The number of alkyl halides is 1. The second kappa shape index (κ2) is 9.58. The third-order valence-corrected chi connectivity index (χ3v) is 2.54. The Hall–Kier alpha value is -2.33. The number of halogens is 1. The third-order valence-electron chi connectivity index (χ3n) is 2.54. The van der Waals surface area contributed by atoms with E-state index in [0.717, 1.165) is 6.07 Å². The van der Waals surface area contributed by atoms with E-state index in [-0.39, 0.29) is 50.0 Å². The quantitative estimate of drug-likeness (QED) is 0.376. The second-order valence-electron chi connectivity index (χ2n) is 4.06. The van der Waals surface area contributed by atoms with Crippen molar-refractivity contribution in [3.8, 4) is 0 Å². The molecule has 0 radical (unpaired) electrons. The van der Waals surface area contributed by atoms with Crippen molar-refractivity contribution < 1.29 is 23.7 Å². The van der Waals surface area contributed by atoms with E-state index in [9.17, 15) is 24.6 Å². The van der Waals surface area contributed by atoms with Crippen LogP contribution in [0, 0.1) is 20.2 Å². The largest absolute Gasteiger partial charge is 0.377 e. The van der Waals surface area contributed by atoms with Gasteiger partial charge in [-0.15, -0.1) is 0 Å². The highest BCUT2D eigenvalue weighted by Crippen LogP contribution is 2.28. The van der Waals surface area contributed by atoms with Crippen LogP contribution in [-0.2, 0) is 9.47 Å². The first-order valence-electron chi connectivity index (χ1n) is 6.44. The van der Waals surface area contributed by atoms with Crippen LogP contribution in [0.3, 0.4) is 0 Å². The van der Waals surface area contributed by atoms with Crippen molar-refractivity contribution in [2.75, 3.05) is 45.0 Å². The molecule has 1 aromatic rings. The van der Waals surface area contributed by atoms with Crippen LogP contribution in [0.15, 0.2) is 18.2 Å². The molecule has 10 heteroatoms. The molecule has 0 bridgehead atoms. The van der Waals surface area contributed by atoms with E-state index >= 15 is 0 Å². The number of nitrogens with one attached hydrogen (secondary N) is 1. The fourth-order valence-electron chi connectivity index (χ4n) is 1.57. The Labute approximate surface area is 125 Å². The normalized spacial score (nSPS) is 10.4. The van der Waals surface area contributed by atoms with Crippen LogP contribution in [0.4, 0.5) is 21.5 Å². The Balaban J connectivity index is 2.42. The van der Waals surface area contributed by atoms with Gasteiger partial charge in [0.05, 0.1) is 42.3 Å². The molecule has 0 unspecified atom stereocenters. The summed E-state index contributed by atoms with van der Waals surface area (Å²) in [5.41, 5.74) is -0.549. The number of anilines is 1. The molecular weight excluding hydrogens is 301 g/mol. The number of hydrogen-bond acceptors (Lipinski definition) is 7. The molecule has 0 fully saturated rings. The minimum absolute atomic E-state index is 0.0244. The van der Waals surface area contributed by atoms with Gasteiger partial charge in [0, 0.05) is 12.6 Å². The van der Waals surface area contributed by atoms with E-state index in [1.165, 1.54) is 12.1 Å². The Morgan fingerprint density at radius 3 is 2.32 bits per heavy atom. The van der Waals surface area contributed by atoms with Gasteiger partial charge in [0.1, 0.15) is 12.4 Å². The molecule has 0 amide bonds. The average molecular weight is 317 g/mol. The molecule has 0 atom stereocenters. The van der Waals surface area contributed by atoms with E-state index in [0.29, 0.717) is 0 Å². The van der Waals surface area contributed by atoms with Crippen LogP contribution in [0.5, 0.6) is 0 Å². The Morgan fingerprint density at radius 2 is 1.73 bits per heavy atom. The van der Waals surface area contributed by atoms with E-state index in [4.69, 9.17) is 9.47 Å². The first-order valence-corrected chi connectivity index (χ1v) is 6.44. The minimum Gasteiger partial charge on any atom is -0.377 e. The molecular formula is C12H16FN3O6. The Bertz CT molecular complexity index is 514. The molecule has 1 aromatic carbocycles. The first-order chi connectivity index (χ1) is 10.6. The molecule has 0 saturated carbocycles. The molecule has 122 valence electrons. The number of rotatable bonds is 11. The van der Waals surface area contributed by atoms with Crippen molar-refractivity contribution >= 4 is 17.1 Å². The summed E-state index contributed by atoms with van der Waals surface area (Å²) in [6.07, 6.45) is 0. The molecule has 1 rings (SSSR count). The number of non-ortho nitro benzene ring substituents is 1. The highest BCUT2D eigenvalue weighted by molar-refractivity contribution is 5.65. The van der Waals surface area contributed by atoms with Crippen LogP contribution in [-0.4, -0.2) is 49.5 Å². The maximum Gasteiger partial charge on any atom is 0.299 e. The molecule has 1 N–H and O–H groups in total. The summed E-state index contributed by atoms with van der Waals surface area (Å²) >= 11 is 0. The summed E-state index contributed by atoms with van der Waals surface area (Å²) in [6, 6.07) is 3.36. The summed E-state index contributed by atoms with van der Waals surface area (Å²) in [7, 11) is 0. The van der Waals surface area contributed by atoms with E-state index < -0.39 is 16.5 Å². The third kappa shape index (κ3) is 5.97. The van der Waals surface area contributed by atoms with Gasteiger partial charge in [-0.05, 0) is 6.07 Å². The van der Waals surface area contributed by atoms with Crippen LogP contribution in [0.1, 0.15) is 0 Å². The smallest absolute Gasteiger partial charge is 0.299 e. The number of nitro benzene ring substituents is 2. The van der Waals surface area contributed by atoms with Crippen molar-refractivity contribution in [2.24, 2.45) is 0 Å². The zero-order valence-electron chi connectivity index (χ0n) is 11.7. The maximum atomic E-state index is 11.7. The van der Waals surface area contributed by atoms with Gasteiger partial charge in [-0.3, -0.25) is 20.2 Å². The fraction of sp³-hybridized carbons (Fsp3) is 0.500. The lowest BCUT2D eigenvalue weighted by Gasteiger charge is -2.08. The summed E-state index contributed by atoms with van der Waals surface area (Å²) in [4.78, 5) is 20.1. The van der Waals surface area contributed by atoms with E-state index in [1.54, 1.807) is 0 Å². The molecule has 0 aliphatic rings. The molecule has 0 saturated heterocycles. The molecule has 0 aromatic heterocycles. The monoisotopic (exact) mass is 317 g/mol. The second-order valence-corrected chi connectivity index (χ2v) is 4.06. The van der Waals surface area contributed by atoms with Gasteiger partial charge in [0.2, 0.25) is 0 Å². The summed E-state index contributed by atoms with van der Waals surface area (Å²) in [5, 5.41) is 24.3. The standard InChI is InChI=1S/C12H16FN3O6/c13-3-5-21-7-8-22-6-4-14-11-2-1-10(15(17)18)9-12(11)16(19)20/h1-2,9,14H,3-8H2. The van der Waals surface area contributed by atoms with Gasteiger partial charge < -0.3 is 14.8 Å². The summed E-state index contributed by atoms with van der Waals surface area (Å²) < 4.78 is 21.8. The zero-order valence-corrected chi connectivity index (χ0v) is 11.7. The van der Waals surface area contributed by atoms with Crippen molar-refractivity contribution in [1.29, 1.82) is 0 Å². The predicted octanol–water partition coefficient (Wildman–Crippen LogP) is 1.92. The SMILES string of the molecule is O=[N+]([O-])c1ccc(NCCOCCOCCF)c([N+](=O)[O-])c1. The van der Waals surface area contributed by atoms with Crippen molar-refractivity contribution in [3.05, 3.63) is 38.4 Å². The van der Waals surface area contributed by atoms with Crippen LogP contribution >= 0.6 is 0 Å². The number of hydrogen-bond donors (Lipinski definition) is 1. The van der Waals surface area contributed by atoms with Gasteiger partial charge in [-0.2, -0.15) is 0 Å². The Morgan fingerprint density at radius 1 is 1.05 bits per heavy atom. The van der Waals surface area contributed by atoms with Crippen LogP contribution in [0.25, 0.3) is 0 Å². The molecule has 0 heterocycles. The number of benzene rings is 1. The van der Waals surface area contributed by atoms with Gasteiger partial charge in [-0.1, -0.05) is 0 Å². The highest BCUT2D eigenvalue weighted by Gasteiger charge is 2.18. The average Bonchev–Trinajstić information content (AvgIpc) is 2.49. The van der Waals surface area contributed by atoms with Crippen molar-refractivity contribution in [1.82, 2.24) is 0 Å². The predicted molar refractivity (Wildman–Crippen MR) is 75.9 cm³/mol. The first kappa shape index (κ1) is 17.7. The van der Waals surface area contributed by atoms with E-state index in [1.807, 2.05) is 0 Å². The van der Waals surface area contributed by atoms with Crippen molar-refractivity contribution in [2.45, 2.75) is 0 Å². The lowest BCUT2D eigenvalue weighted by atomic mass is 10.2. The van der Waals surface area contributed by atoms with Gasteiger partial charge >= 0.3 is 0 Å². The molecule has 22 heavy (non-hydrogen) atoms. The topological polar surface area (TPSA) is 117 Å². The zero-order chi connectivity index (χ0) is 16.4. The molecule has 0 aliphatic carbocycles. The van der Waals surface area contributed by atoms with Crippen LogP contribution in [0.2, 0.25) is 0 Å². The summed E-state index contributed by atoms with van der Waals surface area (Å²) in [5.74, 6) is 0. The highest BCUT2D eigenvalue weighted by atomic mass is 19.1. The number of nitrogens with zero attached hydrogens (tertiary/aromatic N) is 2. The van der Waals surface area contributed by atoms with Gasteiger partial charge in [0.25, 0.3) is 11.4 Å². The van der Waals surface area contributed by atoms with Crippen LogP contribution < -0.4 is 5.32 Å². The van der Waals surface area contributed by atoms with Gasteiger partial charge in [-0.25, -0.2) is 4.39 Å². The number of ether oxygens (including phenoxy) is 2. The maximum absolute atomic E-state index is 11.7. The molecule has 0 aliphatic heterocycles. The Kier molecular flexibility index (Phi) is 7.72. The van der Waals surface area contributed by atoms with Crippen molar-refractivity contribution in [3.63, 3.8) is 0 Å². The summed E-state index contributed by atoms with van der Waals surface area (Å²) in [6.45, 7) is 0.558. The van der Waals surface area contributed by atoms with Gasteiger partial charge in [0.15, 0.2) is 0 Å². The minimum atomic E-state index is -0.697. The molecule has 9 nitrogen and oxygen atoms in total. The fourth-order valence-corrected chi connectivity index (χ4v) is 1.57. The molecule has 0 spiro atoms. The number of nitro groups is 2. The lowest BCUT2D eigenvalue weighted by Crippen LogP contribution is -2.13. The van der Waals surface area contributed by atoms with E-state index in [2.05, 4.69) is 5.32 Å².